The van der Waals surface area contributed by atoms with Gasteiger partial charge in [0.05, 0.1) is 16.1 Å². The van der Waals surface area contributed by atoms with Gasteiger partial charge in [-0.1, -0.05) is 17.7 Å². The molecule has 0 fully saturated rings. The van der Waals surface area contributed by atoms with E-state index >= 15 is 0 Å². The van der Waals surface area contributed by atoms with E-state index in [2.05, 4.69) is 0 Å². The Morgan fingerprint density at radius 2 is 2.11 bits per heavy atom. The fraction of sp³-hybridized carbons (Fsp3) is 0.143. The van der Waals surface area contributed by atoms with Crippen LogP contribution in [0.3, 0.4) is 0 Å². The Kier molecular flexibility index (Phi) is 3.72. The minimum Gasteiger partial charge on any atom is -0.294 e. The van der Waals surface area contributed by atoms with Crippen molar-refractivity contribution in [2.75, 3.05) is 0 Å². The molecule has 0 atom stereocenters. The number of benzene rings is 1. The standard InChI is InChI=1S/C14H12ClFNO/c1-10(18)11-4-3-7-17(8-11)9-12-13(15)5-2-6-14(12)16/h2-8H,9H2,1H3/q+1. The summed E-state index contributed by atoms with van der Waals surface area (Å²) in [6.45, 7) is 1.79. The number of hydrogen-bond donors (Lipinski definition) is 0. The van der Waals surface area contributed by atoms with E-state index in [0.29, 0.717) is 22.7 Å². The van der Waals surface area contributed by atoms with E-state index < -0.39 is 0 Å². The Labute approximate surface area is 110 Å². The Hall–Kier alpha value is -1.74. The Morgan fingerprint density at radius 3 is 2.78 bits per heavy atom. The lowest BCUT2D eigenvalue weighted by Crippen LogP contribution is -2.34. The second-order valence-electron chi connectivity index (χ2n) is 4.02. The Bertz CT molecular complexity index is 578. The second-order valence-corrected chi connectivity index (χ2v) is 4.43. The molecule has 2 nitrogen and oxygen atoms in total. The van der Waals surface area contributed by atoms with Crippen molar-refractivity contribution in [1.82, 2.24) is 0 Å². The number of pyridine rings is 1. The van der Waals surface area contributed by atoms with Crippen LogP contribution < -0.4 is 4.57 Å². The molecule has 4 heteroatoms. The third kappa shape index (κ3) is 2.74. The van der Waals surface area contributed by atoms with Gasteiger partial charge in [-0.25, -0.2) is 4.39 Å². The summed E-state index contributed by atoms with van der Waals surface area (Å²) in [5.74, 6) is -0.368. The van der Waals surface area contributed by atoms with Crippen LogP contribution in [-0.2, 0) is 6.54 Å². The molecule has 18 heavy (non-hydrogen) atoms. The number of hydrogen-bond acceptors (Lipinski definition) is 1. The quantitative estimate of drug-likeness (QED) is 0.617. The van der Waals surface area contributed by atoms with E-state index in [1.54, 1.807) is 41.2 Å². The van der Waals surface area contributed by atoms with Crippen LogP contribution in [0.15, 0.2) is 42.7 Å². The van der Waals surface area contributed by atoms with E-state index in [1.165, 1.54) is 13.0 Å². The Balaban J connectivity index is 2.34. The van der Waals surface area contributed by atoms with Crippen molar-refractivity contribution in [3.8, 4) is 0 Å². The molecule has 0 spiro atoms. The molecule has 0 bridgehead atoms. The fourth-order valence-corrected chi connectivity index (χ4v) is 1.92. The van der Waals surface area contributed by atoms with Crippen molar-refractivity contribution in [3.05, 3.63) is 64.7 Å². The highest BCUT2D eigenvalue weighted by Gasteiger charge is 2.13. The van der Waals surface area contributed by atoms with Gasteiger partial charge in [-0.05, 0) is 25.1 Å². The zero-order valence-corrected chi connectivity index (χ0v) is 10.6. The molecule has 1 aromatic heterocycles. The van der Waals surface area contributed by atoms with Gasteiger partial charge in [0.15, 0.2) is 24.7 Å². The molecule has 1 aromatic carbocycles. The third-order valence-corrected chi connectivity index (χ3v) is 3.02. The zero-order valence-electron chi connectivity index (χ0n) is 9.86. The number of aromatic nitrogens is 1. The molecule has 0 unspecified atom stereocenters. The monoisotopic (exact) mass is 264 g/mol. The fourth-order valence-electron chi connectivity index (χ4n) is 1.69. The number of halogens is 2. The average Bonchev–Trinajstić information content (AvgIpc) is 2.34. The smallest absolute Gasteiger partial charge is 0.179 e. The summed E-state index contributed by atoms with van der Waals surface area (Å²) in [7, 11) is 0. The van der Waals surface area contributed by atoms with Gasteiger partial charge < -0.3 is 0 Å². The van der Waals surface area contributed by atoms with Crippen molar-refractivity contribution in [1.29, 1.82) is 0 Å². The Morgan fingerprint density at radius 1 is 1.33 bits per heavy atom. The summed E-state index contributed by atoms with van der Waals surface area (Å²) in [4.78, 5) is 11.3. The minimum atomic E-state index is -0.344. The number of nitrogens with zero attached hydrogens (tertiary/aromatic N) is 1. The van der Waals surface area contributed by atoms with Gasteiger partial charge in [0.1, 0.15) is 5.82 Å². The van der Waals surface area contributed by atoms with Gasteiger partial charge in [-0.2, -0.15) is 4.57 Å². The highest BCUT2D eigenvalue weighted by Crippen LogP contribution is 2.18. The first-order valence-corrected chi connectivity index (χ1v) is 5.88. The molecule has 0 amide bonds. The largest absolute Gasteiger partial charge is 0.294 e. The van der Waals surface area contributed by atoms with Gasteiger partial charge in [-0.15, -0.1) is 0 Å². The maximum atomic E-state index is 13.6. The molecule has 0 aliphatic carbocycles. The van der Waals surface area contributed by atoms with Gasteiger partial charge in [-0.3, -0.25) is 4.79 Å². The number of carbonyl (C=O) groups is 1. The van der Waals surface area contributed by atoms with Crippen LogP contribution in [-0.4, -0.2) is 5.78 Å². The van der Waals surface area contributed by atoms with Gasteiger partial charge in [0.25, 0.3) is 0 Å². The van der Waals surface area contributed by atoms with Crippen LogP contribution in [0, 0.1) is 5.82 Å². The van der Waals surface area contributed by atoms with Crippen LogP contribution in [0.2, 0.25) is 5.02 Å². The van der Waals surface area contributed by atoms with E-state index in [0.717, 1.165) is 0 Å². The molecule has 0 aliphatic rings. The van der Waals surface area contributed by atoms with Crippen LogP contribution in [0.4, 0.5) is 4.39 Å². The van der Waals surface area contributed by atoms with Crippen LogP contribution in [0.5, 0.6) is 0 Å². The van der Waals surface area contributed by atoms with Crippen LogP contribution in [0.25, 0.3) is 0 Å². The number of Topliss-reactive ketones (excluding diaryl/α,β-unsaturated/α-hetero) is 1. The summed E-state index contributed by atoms with van der Waals surface area (Å²) >= 11 is 5.96. The van der Waals surface area contributed by atoms with E-state index in [4.69, 9.17) is 11.6 Å². The predicted molar refractivity (Wildman–Crippen MR) is 67.2 cm³/mol. The molecule has 0 aliphatic heterocycles. The molecule has 0 saturated heterocycles. The highest BCUT2D eigenvalue weighted by molar-refractivity contribution is 6.31. The van der Waals surface area contributed by atoms with Crippen molar-refractivity contribution in [2.45, 2.75) is 13.5 Å². The van der Waals surface area contributed by atoms with Gasteiger partial charge in [0.2, 0.25) is 0 Å². The lowest BCUT2D eigenvalue weighted by atomic mass is 10.2. The lowest BCUT2D eigenvalue weighted by molar-refractivity contribution is -0.688. The first kappa shape index (κ1) is 12.7. The molecule has 1 heterocycles. The van der Waals surface area contributed by atoms with Gasteiger partial charge in [0, 0.05) is 6.07 Å². The topological polar surface area (TPSA) is 20.9 Å². The maximum absolute atomic E-state index is 13.6. The zero-order chi connectivity index (χ0) is 13.1. The summed E-state index contributed by atoms with van der Waals surface area (Å²) in [5.41, 5.74) is 1.01. The van der Waals surface area contributed by atoms with Crippen molar-refractivity contribution in [3.63, 3.8) is 0 Å². The maximum Gasteiger partial charge on any atom is 0.179 e. The van der Waals surface area contributed by atoms with Gasteiger partial charge >= 0.3 is 0 Å². The van der Waals surface area contributed by atoms with Crippen LogP contribution in [0.1, 0.15) is 22.8 Å². The molecular weight excluding hydrogens is 253 g/mol. The second kappa shape index (κ2) is 5.27. The summed E-state index contributed by atoms with van der Waals surface area (Å²) in [6, 6.07) is 8.07. The van der Waals surface area contributed by atoms with E-state index in [9.17, 15) is 9.18 Å². The number of carbonyl (C=O) groups excluding carboxylic acids is 1. The lowest BCUT2D eigenvalue weighted by Gasteiger charge is -2.03. The summed E-state index contributed by atoms with van der Waals surface area (Å²) < 4.78 is 15.4. The summed E-state index contributed by atoms with van der Waals surface area (Å²) in [5, 5.41) is 0.385. The molecule has 0 saturated carbocycles. The molecule has 2 aromatic rings. The molecule has 0 N–H and O–H groups in total. The number of rotatable bonds is 3. The van der Waals surface area contributed by atoms with Crippen LogP contribution >= 0.6 is 11.6 Å². The normalized spacial score (nSPS) is 10.4. The molecule has 2 rings (SSSR count). The third-order valence-electron chi connectivity index (χ3n) is 2.67. The minimum absolute atomic E-state index is 0.0241. The number of ketones is 1. The van der Waals surface area contributed by atoms with Crippen molar-refractivity contribution < 1.29 is 13.8 Å². The predicted octanol–water partition coefficient (Wildman–Crippen LogP) is 3.02. The van der Waals surface area contributed by atoms with E-state index in [-0.39, 0.29) is 11.6 Å². The van der Waals surface area contributed by atoms with Crippen molar-refractivity contribution in [2.24, 2.45) is 0 Å². The highest BCUT2D eigenvalue weighted by atomic mass is 35.5. The molecular formula is C14H12ClFNO+. The SMILES string of the molecule is CC(=O)c1ccc[n+](Cc2c(F)cccc2Cl)c1. The molecule has 92 valence electrons. The van der Waals surface area contributed by atoms with E-state index in [1.807, 2.05) is 0 Å². The van der Waals surface area contributed by atoms with Crippen molar-refractivity contribution >= 4 is 17.4 Å². The first-order valence-electron chi connectivity index (χ1n) is 5.51. The first-order chi connectivity index (χ1) is 8.58. The molecule has 0 radical (unpaired) electrons. The summed E-state index contributed by atoms with van der Waals surface area (Å²) in [6.07, 6.45) is 3.46. The average molecular weight is 265 g/mol.